The Morgan fingerprint density at radius 3 is 2.17 bits per heavy atom. The summed E-state index contributed by atoms with van der Waals surface area (Å²) in [7, 11) is 0. The van der Waals surface area contributed by atoms with Crippen LogP contribution in [0, 0.1) is 23.2 Å². The maximum absolute atomic E-state index is 6.62. The molecule has 1 aromatic heterocycles. The van der Waals surface area contributed by atoms with Crippen molar-refractivity contribution in [2.45, 2.75) is 44.6 Å². The number of hydrogen-bond donors (Lipinski definition) is 1. The molecule has 1 atom stereocenters. The van der Waals surface area contributed by atoms with E-state index in [1.54, 1.807) is 6.26 Å². The Bertz CT molecular complexity index is 432. The second-order valence-electron chi connectivity index (χ2n) is 6.89. The van der Waals surface area contributed by atoms with E-state index >= 15 is 0 Å². The first-order chi connectivity index (χ1) is 8.66. The molecule has 4 aliphatic rings. The molecule has 0 radical (unpaired) electrons. The number of nitrogens with two attached hydrogens (primary N) is 1. The number of rotatable bonds is 2. The molecule has 0 aromatic carbocycles. The molecule has 4 aliphatic carbocycles. The molecule has 3 heteroatoms. The van der Waals surface area contributed by atoms with Crippen LogP contribution in [-0.4, -0.2) is 0 Å². The summed E-state index contributed by atoms with van der Waals surface area (Å²) in [6, 6.07) is 2.05. The van der Waals surface area contributed by atoms with Crippen molar-refractivity contribution in [3.8, 4) is 0 Å². The Morgan fingerprint density at radius 1 is 1.17 bits per heavy atom. The molecular weight excluding hydrogens is 290 g/mol. The summed E-state index contributed by atoms with van der Waals surface area (Å²) in [5, 5.41) is 0. The van der Waals surface area contributed by atoms with Crippen molar-refractivity contribution in [1.29, 1.82) is 0 Å². The van der Waals surface area contributed by atoms with Gasteiger partial charge in [0.15, 0.2) is 0 Å². The topological polar surface area (TPSA) is 39.2 Å². The van der Waals surface area contributed by atoms with Crippen LogP contribution in [0.5, 0.6) is 0 Å². The largest absolute Gasteiger partial charge is 0.466 e. The molecule has 5 rings (SSSR count). The van der Waals surface area contributed by atoms with Crippen LogP contribution in [0.15, 0.2) is 21.2 Å². The Morgan fingerprint density at radius 2 is 1.72 bits per heavy atom. The molecule has 0 saturated heterocycles. The van der Waals surface area contributed by atoms with E-state index in [2.05, 4.69) is 15.9 Å². The summed E-state index contributed by atoms with van der Waals surface area (Å²) in [6.07, 6.45) is 10.1. The molecular formula is C15H20BrNO. The third-order valence-corrected chi connectivity index (χ3v) is 6.33. The van der Waals surface area contributed by atoms with Gasteiger partial charge in [0.25, 0.3) is 0 Å². The van der Waals surface area contributed by atoms with Gasteiger partial charge in [0.05, 0.1) is 16.8 Å². The smallest absolute Gasteiger partial charge is 0.135 e. The van der Waals surface area contributed by atoms with E-state index in [1.807, 2.05) is 6.07 Å². The van der Waals surface area contributed by atoms with Crippen LogP contribution < -0.4 is 5.73 Å². The van der Waals surface area contributed by atoms with Crippen molar-refractivity contribution in [2.75, 3.05) is 0 Å². The Balaban J connectivity index is 1.69. The summed E-state index contributed by atoms with van der Waals surface area (Å²) in [5.41, 5.74) is 6.94. The maximum atomic E-state index is 6.62. The van der Waals surface area contributed by atoms with Gasteiger partial charge in [-0.25, -0.2) is 0 Å². The molecule has 18 heavy (non-hydrogen) atoms. The van der Waals surface area contributed by atoms with Gasteiger partial charge < -0.3 is 10.2 Å². The van der Waals surface area contributed by atoms with E-state index in [9.17, 15) is 0 Å². The predicted molar refractivity (Wildman–Crippen MR) is 73.9 cm³/mol. The number of furan rings is 1. The zero-order valence-corrected chi connectivity index (χ0v) is 12.2. The van der Waals surface area contributed by atoms with Crippen LogP contribution in [0.4, 0.5) is 0 Å². The number of hydrogen-bond acceptors (Lipinski definition) is 2. The molecule has 4 bridgehead atoms. The third kappa shape index (κ3) is 1.56. The van der Waals surface area contributed by atoms with E-state index in [0.29, 0.717) is 5.41 Å². The lowest BCUT2D eigenvalue weighted by Gasteiger charge is -2.58. The Labute approximate surface area is 116 Å². The van der Waals surface area contributed by atoms with Crippen molar-refractivity contribution in [2.24, 2.45) is 28.9 Å². The minimum absolute atomic E-state index is 0.0790. The van der Waals surface area contributed by atoms with Gasteiger partial charge in [-0.15, -0.1) is 0 Å². The standard InChI is InChI=1S/C15H20BrNO/c16-12-1-2-18-13(12)14(17)15-6-9-3-10(7-15)5-11(4-9)8-15/h1-2,9-11,14H,3-8,17H2. The van der Waals surface area contributed by atoms with Crippen LogP contribution in [-0.2, 0) is 0 Å². The van der Waals surface area contributed by atoms with Crippen molar-refractivity contribution in [3.05, 3.63) is 22.6 Å². The van der Waals surface area contributed by atoms with Crippen molar-refractivity contribution >= 4 is 15.9 Å². The highest BCUT2D eigenvalue weighted by Gasteiger charge is 2.54. The van der Waals surface area contributed by atoms with Crippen LogP contribution in [0.2, 0.25) is 0 Å². The van der Waals surface area contributed by atoms with Gasteiger partial charge in [-0.2, -0.15) is 0 Å². The Hall–Kier alpha value is -0.280. The van der Waals surface area contributed by atoms with Gasteiger partial charge in [0.2, 0.25) is 0 Å². The first kappa shape index (κ1) is 11.5. The molecule has 2 nitrogen and oxygen atoms in total. The molecule has 0 amide bonds. The molecule has 1 aromatic rings. The highest BCUT2D eigenvalue weighted by Crippen LogP contribution is 2.63. The average molecular weight is 310 g/mol. The maximum Gasteiger partial charge on any atom is 0.135 e. The quantitative estimate of drug-likeness (QED) is 0.886. The highest BCUT2D eigenvalue weighted by molar-refractivity contribution is 9.10. The zero-order chi connectivity index (χ0) is 12.3. The normalized spacial score (nSPS) is 43.3. The minimum Gasteiger partial charge on any atom is -0.466 e. The van der Waals surface area contributed by atoms with Crippen LogP contribution in [0.25, 0.3) is 0 Å². The second kappa shape index (κ2) is 3.86. The highest BCUT2D eigenvalue weighted by atomic mass is 79.9. The fraction of sp³-hybridized carbons (Fsp3) is 0.733. The fourth-order valence-electron chi connectivity index (χ4n) is 5.36. The van der Waals surface area contributed by atoms with Crippen molar-refractivity contribution in [3.63, 3.8) is 0 Å². The number of halogens is 1. The van der Waals surface area contributed by atoms with Gasteiger partial charge in [-0.1, -0.05) is 0 Å². The second-order valence-corrected chi connectivity index (χ2v) is 7.74. The lowest BCUT2D eigenvalue weighted by molar-refractivity contribution is -0.0710. The van der Waals surface area contributed by atoms with Crippen LogP contribution in [0.1, 0.15) is 50.3 Å². The van der Waals surface area contributed by atoms with Crippen LogP contribution in [0.3, 0.4) is 0 Å². The monoisotopic (exact) mass is 309 g/mol. The molecule has 1 heterocycles. The molecule has 1 unspecified atom stereocenters. The van der Waals surface area contributed by atoms with Gasteiger partial charge in [0, 0.05) is 0 Å². The summed E-state index contributed by atoms with van der Waals surface area (Å²) in [5.74, 6) is 3.79. The molecule has 98 valence electrons. The predicted octanol–water partition coefficient (Wildman–Crippen LogP) is 4.26. The van der Waals surface area contributed by atoms with E-state index < -0.39 is 0 Å². The average Bonchev–Trinajstić information content (AvgIpc) is 2.72. The lowest BCUT2D eigenvalue weighted by Crippen LogP contribution is -2.50. The first-order valence-corrected chi connectivity index (χ1v) is 7.94. The zero-order valence-electron chi connectivity index (χ0n) is 10.6. The Kier molecular flexibility index (Phi) is 2.47. The van der Waals surface area contributed by atoms with E-state index in [-0.39, 0.29) is 6.04 Å². The SMILES string of the molecule is NC(c1occc1Br)C12CC3CC(CC(C3)C1)C2. The molecule has 0 aliphatic heterocycles. The summed E-state index contributed by atoms with van der Waals surface area (Å²) < 4.78 is 6.69. The molecule has 0 spiro atoms. The third-order valence-electron chi connectivity index (χ3n) is 5.67. The summed E-state index contributed by atoms with van der Waals surface area (Å²) >= 11 is 3.57. The van der Waals surface area contributed by atoms with Gasteiger partial charge in [-0.3, -0.25) is 0 Å². The summed E-state index contributed by atoms with van der Waals surface area (Å²) in [4.78, 5) is 0. The van der Waals surface area contributed by atoms with Gasteiger partial charge in [-0.05, 0) is 83.7 Å². The molecule has 4 saturated carbocycles. The minimum atomic E-state index is 0.0790. The molecule has 2 N–H and O–H groups in total. The van der Waals surface area contributed by atoms with Gasteiger partial charge >= 0.3 is 0 Å². The van der Waals surface area contributed by atoms with Crippen LogP contribution >= 0.6 is 15.9 Å². The van der Waals surface area contributed by atoms with Crippen molar-refractivity contribution in [1.82, 2.24) is 0 Å². The molecule has 4 fully saturated rings. The van der Waals surface area contributed by atoms with E-state index in [4.69, 9.17) is 10.2 Å². The summed E-state index contributed by atoms with van der Waals surface area (Å²) in [6.45, 7) is 0. The first-order valence-electron chi connectivity index (χ1n) is 7.15. The fourth-order valence-corrected chi connectivity index (χ4v) is 5.81. The van der Waals surface area contributed by atoms with Gasteiger partial charge in [0.1, 0.15) is 5.76 Å². The van der Waals surface area contributed by atoms with Crippen molar-refractivity contribution < 1.29 is 4.42 Å². The van der Waals surface area contributed by atoms with E-state index in [0.717, 1.165) is 28.0 Å². The van der Waals surface area contributed by atoms with E-state index in [1.165, 1.54) is 38.5 Å². The lowest BCUT2D eigenvalue weighted by atomic mass is 9.47.